The summed E-state index contributed by atoms with van der Waals surface area (Å²) in [5.74, 6) is -0.213. The summed E-state index contributed by atoms with van der Waals surface area (Å²) in [7, 11) is 0. The number of aromatic nitrogens is 2. The number of piperidine rings is 1. The molecule has 0 spiro atoms. The number of hydrogen-bond donors (Lipinski definition) is 2. The fourth-order valence-electron chi connectivity index (χ4n) is 3.83. The van der Waals surface area contributed by atoms with E-state index in [1.54, 1.807) is 36.7 Å². The Morgan fingerprint density at radius 1 is 1.06 bits per heavy atom. The first-order valence-electron chi connectivity index (χ1n) is 11.8. The maximum Gasteiger partial charge on any atom is 0.262 e. The molecule has 0 bridgehead atoms. The van der Waals surface area contributed by atoms with Crippen LogP contribution in [0.4, 0.5) is 11.4 Å². The van der Waals surface area contributed by atoms with Gasteiger partial charge in [-0.2, -0.15) is 4.99 Å². The Bertz CT molecular complexity index is 1140. The minimum atomic E-state index is -0.519. The lowest BCUT2D eigenvalue weighted by molar-refractivity contribution is -0.121. The molecule has 2 aliphatic rings. The third-order valence-corrected chi connectivity index (χ3v) is 6.93. The van der Waals surface area contributed by atoms with Gasteiger partial charge in [-0.15, -0.1) is 0 Å². The normalized spacial score (nSPS) is 18.3. The largest absolute Gasteiger partial charge is 0.351 e. The van der Waals surface area contributed by atoms with Crippen molar-refractivity contribution in [1.82, 2.24) is 14.9 Å². The number of amides is 3. The highest BCUT2D eigenvalue weighted by Crippen LogP contribution is 2.29. The lowest BCUT2D eigenvalue weighted by atomic mass is 9.96. The van der Waals surface area contributed by atoms with Crippen LogP contribution in [0, 0.1) is 0 Å². The van der Waals surface area contributed by atoms with Gasteiger partial charge in [-0.1, -0.05) is 38.6 Å². The van der Waals surface area contributed by atoms with E-state index in [0.29, 0.717) is 22.8 Å². The second kappa shape index (κ2) is 10.6. The van der Waals surface area contributed by atoms with Crippen LogP contribution in [0.25, 0.3) is 0 Å². The van der Waals surface area contributed by atoms with Gasteiger partial charge in [0.25, 0.3) is 11.8 Å². The first-order chi connectivity index (χ1) is 16.7. The third kappa shape index (κ3) is 6.45. The molecule has 2 N–H and O–H groups in total. The van der Waals surface area contributed by atoms with Crippen molar-refractivity contribution in [3.63, 3.8) is 0 Å². The van der Waals surface area contributed by atoms with Crippen molar-refractivity contribution in [1.29, 1.82) is 0 Å². The molecule has 10 heteroatoms. The Kier molecular flexibility index (Phi) is 7.49. The first-order valence-corrected chi connectivity index (χ1v) is 12.6. The van der Waals surface area contributed by atoms with E-state index in [9.17, 15) is 14.4 Å². The predicted octanol–water partition coefficient (Wildman–Crippen LogP) is 3.84. The van der Waals surface area contributed by atoms with Crippen molar-refractivity contribution in [3.05, 3.63) is 48.0 Å². The van der Waals surface area contributed by atoms with Crippen molar-refractivity contribution >= 4 is 46.0 Å². The molecule has 1 unspecified atom stereocenters. The van der Waals surface area contributed by atoms with Crippen LogP contribution in [-0.4, -0.2) is 56.1 Å². The molecule has 0 radical (unpaired) electrons. The van der Waals surface area contributed by atoms with Crippen LogP contribution in [0.2, 0.25) is 0 Å². The molecule has 2 aliphatic heterocycles. The quantitative estimate of drug-likeness (QED) is 0.649. The number of carbonyl (C=O) groups is 3. The molecule has 3 amide bonds. The predicted molar refractivity (Wildman–Crippen MR) is 138 cm³/mol. The summed E-state index contributed by atoms with van der Waals surface area (Å²) in [6.07, 6.45) is 6.57. The molecule has 1 aromatic heterocycles. The van der Waals surface area contributed by atoms with Gasteiger partial charge in [0, 0.05) is 36.2 Å². The molecule has 1 saturated heterocycles. The fraction of sp³-hybridized carbons (Fsp3) is 0.440. The van der Waals surface area contributed by atoms with Gasteiger partial charge in [-0.3, -0.25) is 14.4 Å². The van der Waals surface area contributed by atoms with Crippen LogP contribution in [0.15, 0.2) is 41.7 Å². The van der Waals surface area contributed by atoms with E-state index in [0.717, 1.165) is 31.1 Å². The van der Waals surface area contributed by atoms with E-state index in [4.69, 9.17) is 0 Å². The number of amidine groups is 1. The standard InChI is InChI=1S/C25H30N6O3S/c1-25(2,3)23-26-14-18(15-27-23)29-21(33)16-8-7-9-17(12-16)28-20(32)13-19-22(34)30-24(35-19)31-10-5-4-6-11-31/h7-9,12,14-15,19H,4-6,10-11,13H2,1-3H3,(H,28,32)(H,29,33). The van der Waals surface area contributed by atoms with Crippen molar-refractivity contribution in [2.45, 2.75) is 57.1 Å². The summed E-state index contributed by atoms with van der Waals surface area (Å²) in [6, 6.07) is 6.65. The van der Waals surface area contributed by atoms with Crippen molar-refractivity contribution in [2.24, 2.45) is 4.99 Å². The van der Waals surface area contributed by atoms with E-state index in [2.05, 4.69) is 30.5 Å². The van der Waals surface area contributed by atoms with Gasteiger partial charge in [0.05, 0.1) is 18.1 Å². The van der Waals surface area contributed by atoms with E-state index >= 15 is 0 Å². The summed E-state index contributed by atoms with van der Waals surface area (Å²) in [6.45, 7) is 7.85. The van der Waals surface area contributed by atoms with Gasteiger partial charge in [-0.05, 0) is 37.5 Å². The van der Waals surface area contributed by atoms with E-state index in [-0.39, 0.29) is 29.6 Å². The monoisotopic (exact) mass is 494 g/mol. The fourth-order valence-corrected chi connectivity index (χ4v) is 4.95. The number of carbonyl (C=O) groups excluding carboxylic acids is 3. The second-order valence-electron chi connectivity index (χ2n) is 9.72. The van der Waals surface area contributed by atoms with Gasteiger partial charge in [0.15, 0.2) is 5.17 Å². The molecule has 9 nitrogen and oxygen atoms in total. The summed E-state index contributed by atoms with van der Waals surface area (Å²) < 4.78 is 0. The molecule has 2 aromatic rings. The van der Waals surface area contributed by atoms with Crippen molar-refractivity contribution in [3.8, 4) is 0 Å². The van der Waals surface area contributed by atoms with Gasteiger partial charge in [0.2, 0.25) is 5.91 Å². The molecule has 4 rings (SSSR count). The summed E-state index contributed by atoms with van der Waals surface area (Å²) in [4.78, 5) is 52.6. The van der Waals surface area contributed by atoms with Gasteiger partial charge in [0.1, 0.15) is 11.1 Å². The summed E-state index contributed by atoms with van der Waals surface area (Å²) in [5.41, 5.74) is 1.16. The van der Waals surface area contributed by atoms with E-state index in [1.807, 2.05) is 20.8 Å². The Morgan fingerprint density at radius 2 is 1.77 bits per heavy atom. The van der Waals surface area contributed by atoms with Gasteiger partial charge < -0.3 is 15.5 Å². The average Bonchev–Trinajstić information content (AvgIpc) is 3.19. The smallest absolute Gasteiger partial charge is 0.262 e. The van der Waals surface area contributed by atoms with Crippen LogP contribution in [-0.2, 0) is 15.0 Å². The van der Waals surface area contributed by atoms with Crippen LogP contribution >= 0.6 is 11.8 Å². The molecule has 3 heterocycles. The van der Waals surface area contributed by atoms with Crippen LogP contribution in [0.1, 0.15) is 62.6 Å². The number of anilines is 2. The molecule has 1 atom stereocenters. The number of nitrogens with zero attached hydrogens (tertiary/aromatic N) is 4. The van der Waals surface area contributed by atoms with Gasteiger partial charge in [-0.25, -0.2) is 9.97 Å². The van der Waals surface area contributed by atoms with E-state index < -0.39 is 5.25 Å². The van der Waals surface area contributed by atoms with Crippen LogP contribution in [0.5, 0.6) is 0 Å². The highest BCUT2D eigenvalue weighted by atomic mass is 32.2. The van der Waals surface area contributed by atoms with Crippen LogP contribution < -0.4 is 10.6 Å². The summed E-state index contributed by atoms with van der Waals surface area (Å²) >= 11 is 1.37. The number of aliphatic imine (C=N–C) groups is 1. The molecule has 0 aliphatic carbocycles. The second-order valence-corrected chi connectivity index (χ2v) is 10.9. The topological polar surface area (TPSA) is 117 Å². The highest BCUT2D eigenvalue weighted by Gasteiger charge is 2.33. The number of benzene rings is 1. The molecule has 1 fully saturated rings. The SMILES string of the molecule is CC(C)(C)c1ncc(NC(=O)c2cccc(NC(=O)CC3SC(N4CCCCC4)=NC3=O)c2)cn1. The number of likely N-dealkylation sites (tertiary alicyclic amines) is 1. The summed E-state index contributed by atoms with van der Waals surface area (Å²) in [5, 5.41) is 5.78. The first kappa shape index (κ1) is 24.8. The average molecular weight is 495 g/mol. The number of nitrogens with one attached hydrogen (secondary N) is 2. The van der Waals surface area contributed by atoms with Crippen molar-refractivity contribution < 1.29 is 14.4 Å². The zero-order chi connectivity index (χ0) is 25.0. The molecule has 184 valence electrons. The molecule has 35 heavy (non-hydrogen) atoms. The number of rotatable bonds is 5. The maximum atomic E-state index is 12.7. The molecular formula is C25H30N6O3S. The Balaban J connectivity index is 1.32. The van der Waals surface area contributed by atoms with E-state index in [1.165, 1.54) is 18.2 Å². The Hall–Kier alpha value is -3.27. The zero-order valence-electron chi connectivity index (χ0n) is 20.2. The minimum Gasteiger partial charge on any atom is -0.351 e. The Morgan fingerprint density at radius 3 is 2.46 bits per heavy atom. The van der Waals surface area contributed by atoms with Gasteiger partial charge >= 0.3 is 0 Å². The van der Waals surface area contributed by atoms with Crippen LogP contribution in [0.3, 0.4) is 0 Å². The molecule has 1 aromatic carbocycles. The minimum absolute atomic E-state index is 0.0260. The van der Waals surface area contributed by atoms with Crippen molar-refractivity contribution in [2.75, 3.05) is 23.7 Å². The Labute approximate surface area is 209 Å². The highest BCUT2D eigenvalue weighted by molar-refractivity contribution is 8.15. The third-order valence-electron chi connectivity index (χ3n) is 5.72. The molecular weight excluding hydrogens is 464 g/mol. The zero-order valence-corrected chi connectivity index (χ0v) is 21.0. The molecule has 0 saturated carbocycles. The maximum absolute atomic E-state index is 12.7. The lowest BCUT2D eigenvalue weighted by Gasteiger charge is -2.27. The number of thioether (sulfide) groups is 1. The number of hydrogen-bond acceptors (Lipinski definition) is 7. The lowest BCUT2D eigenvalue weighted by Crippen LogP contribution is -2.33.